The molecule has 0 amide bonds. The van der Waals surface area contributed by atoms with Gasteiger partial charge in [0.25, 0.3) is 0 Å². The molecule has 0 fully saturated rings. The van der Waals surface area contributed by atoms with Gasteiger partial charge in [-0.15, -0.1) is 16.8 Å². The van der Waals surface area contributed by atoms with Crippen molar-refractivity contribution < 1.29 is 0 Å². The molecule has 0 aliphatic carbocycles. The Labute approximate surface area is 143 Å². The first-order valence-electron chi connectivity index (χ1n) is 8.37. The van der Waals surface area contributed by atoms with Gasteiger partial charge in [0.2, 0.25) is 0 Å². The van der Waals surface area contributed by atoms with Crippen LogP contribution in [0.4, 0.5) is 0 Å². The Bertz CT molecular complexity index is 632. The van der Waals surface area contributed by atoms with Crippen molar-refractivity contribution in [3.05, 3.63) is 60.7 Å². The molecule has 1 aromatic carbocycles. The molecule has 2 N–H and O–H groups in total. The third-order valence-electron chi connectivity index (χ3n) is 3.58. The number of aryl methyl sites for hydroxylation is 1. The van der Waals surface area contributed by atoms with Crippen LogP contribution in [0.1, 0.15) is 18.3 Å². The third kappa shape index (κ3) is 5.87. The van der Waals surface area contributed by atoms with Crippen molar-refractivity contribution in [2.24, 2.45) is 4.99 Å². The van der Waals surface area contributed by atoms with Crippen molar-refractivity contribution in [1.29, 1.82) is 0 Å². The summed E-state index contributed by atoms with van der Waals surface area (Å²) in [6.07, 6.45) is 5.40. The molecule has 24 heavy (non-hydrogen) atoms. The fraction of sp³-hybridized carbons (Fsp3) is 0.389. The summed E-state index contributed by atoms with van der Waals surface area (Å²) >= 11 is 0. The molecule has 0 bridgehead atoms. The Hall–Kier alpha value is -2.63. The highest BCUT2D eigenvalue weighted by molar-refractivity contribution is 5.79. The largest absolute Gasteiger partial charge is 0.355 e. The number of hydrogen-bond donors (Lipinski definition) is 2. The normalized spacial score (nSPS) is 11.3. The van der Waals surface area contributed by atoms with Crippen molar-refractivity contribution in [1.82, 2.24) is 25.4 Å². The lowest BCUT2D eigenvalue weighted by molar-refractivity contribution is 0.633. The predicted octanol–water partition coefficient (Wildman–Crippen LogP) is 1.80. The van der Waals surface area contributed by atoms with Gasteiger partial charge in [-0.25, -0.2) is 0 Å². The summed E-state index contributed by atoms with van der Waals surface area (Å²) in [5.41, 5.74) is 1.29. The van der Waals surface area contributed by atoms with Crippen molar-refractivity contribution >= 4 is 5.96 Å². The molecule has 6 heteroatoms. The number of rotatable bonds is 9. The molecule has 2 rings (SSSR count). The summed E-state index contributed by atoms with van der Waals surface area (Å²) < 4.78 is 2.06. The van der Waals surface area contributed by atoms with Crippen LogP contribution >= 0.6 is 0 Å². The summed E-state index contributed by atoms with van der Waals surface area (Å²) in [7, 11) is 0. The zero-order chi connectivity index (χ0) is 17.0. The second kappa shape index (κ2) is 10.2. The van der Waals surface area contributed by atoms with E-state index in [2.05, 4.69) is 68.2 Å². The van der Waals surface area contributed by atoms with Gasteiger partial charge in [-0.2, -0.15) is 0 Å². The molecule has 2 aromatic rings. The minimum Gasteiger partial charge on any atom is -0.355 e. The first-order chi connectivity index (χ1) is 11.8. The molecule has 0 aliphatic heterocycles. The summed E-state index contributed by atoms with van der Waals surface area (Å²) in [5, 5.41) is 14.6. The highest BCUT2D eigenvalue weighted by atomic mass is 15.3. The Morgan fingerprint density at radius 2 is 2.12 bits per heavy atom. The van der Waals surface area contributed by atoms with Gasteiger partial charge in [-0.3, -0.25) is 4.99 Å². The zero-order valence-corrected chi connectivity index (χ0v) is 14.3. The first kappa shape index (κ1) is 17.7. The zero-order valence-electron chi connectivity index (χ0n) is 14.3. The van der Waals surface area contributed by atoms with Crippen LogP contribution in [0.3, 0.4) is 0 Å². The molecule has 0 radical (unpaired) electrons. The van der Waals surface area contributed by atoms with Crippen molar-refractivity contribution in [2.45, 2.75) is 26.3 Å². The standard InChI is InChI=1S/C18H26N6/c1-3-11-19-18(20-12-10-16-8-6-5-7-9-16)21-13-14-24-15-22-23-17(24)4-2/h3,5-9,15H,1,4,10-14H2,2H3,(H2,19,20,21). The summed E-state index contributed by atoms with van der Waals surface area (Å²) in [4.78, 5) is 4.62. The number of hydrogen-bond acceptors (Lipinski definition) is 3. The number of guanidine groups is 1. The van der Waals surface area contributed by atoms with Gasteiger partial charge in [-0.1, -0.05) is 43.3 Å². The van der Waals surface area contributed by atoms with Crippen LogP contribution in [-0.2, 0) is 19.4 Å². The van der Waals surface area contributed by atoms with E-state index in [1.54, 1.807) is 6.33 Å². The number of aromatic nitrogens is 3. The summed E-state index contributed by atoms with van der Waals surface area (Å²) in [5.74, 6) is 1.80. The molecule has 0 spiro atoms. The Morgan fingerprint density at radius 1 is 1.29 bits per heavy atom. The number of nitrogens with zero attached hydrogens (tertiary/aromatic N) is 4. The third-order valence-corrected chi connectivity index (χ3v) is 3.58. The van der Waals surface area contributed by atoms with E-state index in [9.17, 15) is 0 Å². The lowest BCUT2D eigenvalue weighted by atomic mass is 10.2. The maximum absolute atomic E-state index is 4.62. The van der Waals surface area contributed by atoms with Crippen LogP contribution in [-0.4, -0.2) is 40.4 Å². The van der Waals surface area contributed by atoms with Gasteiger partial charge in [0.05, 0.1) is 0 Å². The Morgan fingerprint density at radius 3 is 2.88 bits per heavy atom. The number of nitrogens with one attached hydrogen (secondary N) is 2. The monoisotopic (exact) mass is 326 g/mol. The van der Waals surface area contributed by atoms with E-state index in [4.69, 9.17) is 0 Å². The van der Waals surface area contributed by atoms with Gasteiger partial charge in [0, 0.05) is 32.6 Å². The van der Waals surface area contributed by atoms with Crippen LogP contribution in [0.15, 0.2) is 54.3 Å². The van der Waals surface area contributed by atoms with Crippen LogP contribution in [0, 0.1) is 0 Å². The lowest BCUT2D eigenvalue weighted by Gasteiger charge is -2.12. The molecule has 0 aliphatic rings. The second-order valence-corrected chi connectivity index (χ2v) is 5.36. The van der Waals surface area contributed by atoms with E-state index in [0.29, 0.717) is 6.54 Å². The lowest BCUT2D eigenvalue weighted by Crippen LogP contribution is -2.39. The SMILES string of the molecule is C=CCNC(=NCCc1ccccc1)NCCn1cnnc1CC. The molecular formula is C18H26N6. The highest BCUT2D eigenvalue weighted by Crippen LogP contribution is 1.99. The van der Waals surface area contributed by atoms with Crippen molar-refractivity contribution in [3.63, 3.8) is 0 Å². The van der Waals surface area contributed by atoms with Gasteiger partial charge in [-0.05, 0) is 12.0 Å². The minimum absolute atomic E-state index is 0.685. The van der Waals surface area contributed by atoms with Crippen LogP contribution in [0.2, 0.25) is 0 Å². The van der Waals surface area contributed by atoms with E-state index in [-0.39, 0.29) is 0 Å². The first-order valence-corrected chi connectivity index (χ1v) is 8.37. The summed E-state index contributed by atoms with van der Waals surface area (Å²) in [6.45, 7) is 8.81. The Balaban J connectivity index is 1.82. The molecule has 6 nitrogen and oxygen atoms in total. The Kier molecular flexibility index (Phi) is 7.53. The second-order valence-electron chi connectivity index (χ2n) is 5.36. The van der Waals surface area contributed by atoms with Gasteiger partial charge < -0.3 is 15.2 Å². The van der Waals surface area contributed by atoms with Gasteiger partial charge in [0.1, 0.15) is 12.2 Å². The average molecular weight is 326 g/mol. The fourth-order valence-corrected chi connectivity index (χ4v) is 2.32. The molecule has 0 saturated heterocycles. The van der Waals surface area contributed by atoms with Crippen molar-refractivity contribution in [2.75, 3.05) is 19.6 Å². The molecule has 1 aromatic heterocycles. The quantitative estimate of drug-likeness (QED) is 0.419. The van der Waals surface area contributed by atoms with E-state index < -0.39 is 0 Å². The average Bonchev–Trinajstić information content (AvgIpc) is 3.07. The fourth-order valence-electron chi connectivity index (χ4n) is 2.32. The van der Waals surface area contributed by atoms with E-state index >= 15 is 0 Å². The van der Waals surface area contributed by atoms with Crippen LogP contribution < -0.4 is 10.6 Å². The summed E-state index contributed by atoms with van der Waals surface area (Å²) in [6, 6.07) is 10.4. The molecule has 128 valence electrons. The molecule has 0 atom stereocenters. The van der Waals surface area contributed by atoms with E-state index in [1.165, 1.54) is 5.56 Å². The van der Waals surface area contributed by atoms with E-state index in [0.717, 1.165) is 44.3 Å². The van der Waals surface area contributed by atoms with Crippen LogP contribution in [0.25, 0.3) is 0 Å². The smallest absolute Gasteiger partial charge is 0.191 e. The number of aliphatic imine (C=N–C) groups is 1. The van der Waals surface area contributed by atoms with Crippen LogP contribution in [0.5, 0.6) is 0 Å². The molecule has 0 saturated carbocycles. The minimum atomic E-state index is 0.685. The highest BCUT2D eigenvalue weighted by Gasteiger charge is 2.02. The molecule has 0 unspecified atom stereocenters. The molecule has 1 heterocycles. The topological polar surface area (TPSA) is 67.1 Å². The van der Waals surface area contributed by atoms with Crippen molar-refractivity contribution in [3.8, 4) is 0 Å². The van der Waals surface area contributed by atoms with E-state index in [1.807, 2.05) is 12.1 Å². The number of benzene rings is 1. The molecular weight excluding hydrogens is 300 g/mol. The maximum atomic E-state index is 4.62. The predicted molar refractivity (Wildman–Crippen MR) is 98.1 cm³/mol. The van der Waals surface area contributed by atoms with Gasteiger partial charge >= 0.3 is 0 Å². The maximum Gasteiger partial charge on any atom is 0.191 e. The van der Waals surface area contributed by atoms with Gasteiger partial charge in [0.15, 0.2) is 5.96 Å².